The Balaban J connectivity index is 1.74. The number of carbonyl (C=O) groups is 1. The van der Waals surface area contributed by atoms with Crippen LogP contribution in [0.4, 0.5) is 24.7 Å². The van der Waals surface area contributed by atoms with Crippen molar-refractivity contribution in [3.8, 4) is 0 Å². The first-order valence-corrected chi connectivity index (χ1v) is 8.00. The molecule has 1 saturated heterocycles. The number of amides is 1. The van der Waals surface area contributed by atoms with E-state index < -0.39 is 11.7 Å². The van der Waals surface area contributed by atoms with Gasteiger partial charge >= 0.3 is 6.18 Å². The summed E-state index contributed by atoms with van der Waals surface area (Å²) in [5, 5.41) is 2.61. The average Bonchev–Trinajstić information content (AvgIpc) is 2.62. The minimum absolute atomic E-state index is 0.112. The second-order valence-corrected chi connectivity index (χ2v) is 5.81. The highest BCUT2D eigenvalue weighted by Gasteiger charge is 2.33. The number of para-hydroxylation sites is 1. The van der Waals surface area contributed by atoms with Gasteiger partial charge in [-0.1, -0.05) is 12.1 Å². The number of benzene rings is 1. The number of nitrogens with zero attached hydrogens (tertiary/aromatic N) is 3. The topological polar surface area (TPSA) is 58.1 Å². The van der Waals surface area contributed by atoms with Crippen molar-refractivity contribution in [2.75, 3.05) is 18.4 Å². The standard InChI is InChI=1S/C17H17F3N4O/c18-17(19,20)12-6-2-3-7-13(12)23-15-11-21-14(10-22-15)16(25)24-8-4-1-5-9-24/h2-3,6-7,10-11H,1,4-5,8-9H2,(H,22,23). The minimum atomic E-state index is -4.47. The van der Waals surface area contributed by atoms with Gasteiger partial charge in [0, 0.05) is 13.1 Å². The molecule has 1 fully saturated rings. The third-order valence-electron chi connectivity index (χ3n) is 4.01. The molecule has 132 valence electrons. The van der Waals surface area contributed by atoms with Crippen LogP contribution in [0.15, 0.2) is 36.7 Å². The smallest absolute Gasteiger partial charge is 0.338 e. The van der Waals surface area contributed by atoms with Crippen molar-refractivity contribution >= 4 is 17.4 Å². The molecular formula is C17H17F3N4O. The van der Waals surface area contributed by atoms with Crippen LogP contribution in [0.3, 0.4) is 0 Å². The molecule has 1 N–H and O–H groups in total. The van der Waals surface area contributed by atoms with Gasteiger partial charge in [-0.2, -0.15) is 13.2 Å². The summed E-state index contributed by atoms with van der Waals surface area (Å²) in [6, 6.07) is 5.13. The summed E-state index contributed by atoms with van der Waals surface area (Å²) in [5.41, 5.74) is -0.707. The largest absolute Gasteiger partial charge is 0.418 e. The average molecular weight is 350 g/mol. The molecule has 0 radical (unpaired) electrons. The third-order valence-corrected chi connectivity index (χ3v) is 4.01. The van der Waals surface area contributed by atoms with Crippen molar-refractivity contribution < 1.29 is 18.0 Å². The van der Waals surface area contributed by atoms with Crippen LogP contribution in [0.5, 0.6) is 0 Å². The molecule has 1 aromatic carbocycles. The second kappa shape index (κ2) is 7.08. The number of nitrogens with one attached hydrogen (secondary N) is 1. The zero-order chi connectivity index (χ0) is 17.9. The number of hydrogen-bond donors (Lipinski definition) is 1. The highest BCUT2D eigenvalue weighted by Crippen LogP contribution is 2.35. The van der Waals surface area contributed by atoms with Crippen molar-refractivity contribution in [1.29, 1.82) is 0 Å². The van der Waals surface area contributed by atoms with Crippen LogP contribution in [-0.4, -0.2) is 33.9 Å². The number of likely N-dealkylation sites (tertiary alicyclic amines) is 1. The monoisotopic (exact) mass is 350 g/mol. The summed E-state index contributed by atoms with van der Waals surface area (Å²) in [7, 11) is 0. The first kappa shape index (κ1) is 17.2. The predicted molar refractivity (Wildman–Crippen MR) is 86.5 cm³/mol. The molecular weight excluding hydrogens is 333 g/mol. The van der Waals surface area contributed by atoms with Gasteiger partial charge in [0.05, 0.1) is 23.6 Å². The predicted octanol–water partition coefficient (Wildman–Crippen LogP) is 3.87. The fourth-order valence-electron chi connectivity index (χ4n) is 2.74. The van der Waals surface area contributed by atoms with Gasteiger partial charge < -0.3 is 10.2 Å². The Morgan fingerprint density at radius 2 is 1.76 bits per heavy atom. The van der Waals surface area contributed by atoms with Crippen LogP contribution in [0.1, 0.15) is 35.3 Å². The van der Waals surface area contributed by atoms with Crippen LogP contribution < -0.4 is 5.32 Å². The number of anilines is 2. The first-order chi connectivity index (χ1) is 11.9. The van der Waals surface area contributed by atoms with Crippen LogP contribution in [-0.2, 0) is 6.18 Å². The lowest BCUT2D eigenvalue weighted by molar-refractivity contribution is -0.136. The molecule has 1 amide bonds. The van der Waals surface area contributed by atoms with Gasteiger partial charge in [-0.15, -0.1) is 0 Å². The van der Waals surface area contributed by atoms with Crippen molar-refractivity contribution in [3.63, 3.8) is 0 Å². The van der Waals surface area contributed by atoms with Crippen LogP contribution in [0.2, 0.25) is 0 Å². The zero-order valence-electron chi connectivity index (χ0n) is 13.4. The summed E-state index contributed by atoms with van der Waals surface area (Å²) < 4.78 is 39.0. The molecule has 1 aromatic heterocycles. The van der Waals surface area contributed by atoms with Crippen molar-refractivity contribution in [2.24, 2.45) is 0 Å². The lowest BCUT2D eigenvalue weighted by atomic mass is 10.1. The van der Waals surface area contributed by atoms with E-state index in [0.29, 0.717) is 13.1 Å². The molecule has 25 heavy (non-hydrogen) atoms. The normalized spacial score (nSPS) is 15.1. The quantitative estimate of drug-likeness (QED) is 0.913. The van der Waals surface area contributed by atoms with Gasteiger partial charge in [0.15, 0.2) is 0 Å². The number of rotatable bonds is 3. The Kier molecular flexibility index (Phi) is 4.87. The molecule has 1 aliphatic rings. The molecule has 0 atom stereocenters. The summed E-state index contributed by atoms with van der Waals surface area (Å²) in [4.78, 5) is 22.1. The van der Waals surface area contributed by atoms with Gasteiger partial charge in [-0.25, -0.2) is 9.97 Å². The summed E-state index contributed by atoms with van der Waals surface area (Å²) in [6.07, 6.45) is 1.12. The Hall–Kier alpha value is -2.64. The lowest BCUT2D eigenvalue weighted by Gasteiger charge is -2.26. The number of piperidine rings is 1. The number of aromatic nitrogens is 2. The molecule has 5 nitrogen and oxygen atoms in total. The molecule has 0 aliphatic carbocycles. The van der Waals surface area contributed by atoms with E-state index in [9.17, 15) is 18.0 Å². The fourth-order valence-corrected chi connectivity index (χ4v) is 2.74. The first-order valence-electron chi connectivity index (χ1n) is 8.00. The third kappa shape index (κ3) is 4.07. The van der Waals surface area contributed by atoms with Gasteiger partial charge in [0.1, 0.15) is 11.5 Å². The minimum Gasteiger partial charge on any atom is -0.338 e. The van der Waals surface area contributed by atoms with Crippen LogP contribution in [0, 0.1) is 0 Å². The fraction of sp³-hybridized carbons (Fsp3) is 0.353. The molecule has 8 heteroatoms. The van der Waals surface area contributed by atoms with E-state index >= 15 is 0 Å². The van der Waals surface area contributed by atoms with E-state index in [0.717, 1.165) is 25.3 Å². The van der Waals surface area contributed by atoms with E-state index in [1.807, 2.05) is 0 Å². The molecule has 2 aromatic rings. The highest BCUT2D eigenvalue weighted by atomic mass is 19.4. The van der Waals surface area contributed by atoms with E-state index in [1.54, 1.807) is 4.90 Å². The molecule has 0 bridgehead atoms. The van der Waals surface area contributed by atoms with Crippen molar-refractivity contribution in [2.45, 2.75) is 25.4 Å². The maximum absolute atomic E-state index is 13.0. The Labute approximate surface area is 142 Å². The number of halogens is 3. The second-order valence-electron chi connectivity index (χ2n) is 5.81. The van der Waals surface area contributed by atoms with Crippen LogP contribution in [0.25, 0.3) is 0 Å². The number of carbonyl (C=O) groups excluding carboxylic acids is 1. The van der Waals surface area contributed by atoms with Crippen molar-refractivity contribution in [1.82, 2.24) is 14.9 Å². The van der Waals surface area contributed by atoms with Crippen LogP contribution >= 0.6 is 0 Å². The van der Waals surface area contributed by atoms with Crippen molar-refractivity contribution in [3.05, 3.63) is 47.9 Å². The maximum atomic E-state index is 13.0. The van der Waals surface area contributed by atoms with Gasteiger partial charge in [0.2, 0.25) is 0 Å². The number of hydrogen-bond acceptors (Lipinski definition) is 4. The maximum Gasteiger partial charge on any atom is 0.418 e. The highest BCUT2D eigenvalue weighted by molar-refractivity contribution is 5.92. The molecule has 3 rings (SSSR count). The summed E-state index contributed by atoms with van der Waals surface area (Å²) >= 11 is 0. The van der Waals surface area contributed by atoms with E-state index in [2.05, 4.69) is 15.3 Å². The van der Waals surface area contributed by atoms with Gasteiger partial charge in [-0.05, 0) is 31.4 Å². The molecule has 1 aliphatic heterocycles. The lowest BCUT2D eigenvalue weighted by Crippen LogP contribution is -2.36. The Bertz CT molecular complexity index is 740. The van der Waals surface area contributed by atoms with Gasteiger partial charge in [-0.3, -0.25) is 4.79 Å². The van der Waals surface area contributed by atoms with E-state index in [1.165, 1.54) is 30.6 Å². The summed E-state index contributed by atoms with van der Waals surface area (Å²) in [5.74, 6) is -0.0543. The molecule has 0 spiro atoms. The Morgan fingerprint density at radius 3 is 2.40 bits per heavy atom. The SMILES string of the molecule is O=C(c1cnc(Nc2ccccc2C(F)(F)F)cn1)N1CCCCC1. The van der Waals surface area contributed by atoms with Gasteiger partial charge in [0.25, 0.3) is 5.91 Å². The summed E-state index contributed by atoms with van der Waals surface area (Å²) in [6.45, 7) is 1.39. The molecule has 0 unspecified atom stereocenters. The van der Waals surface area contributed by atoms with E-state index in [-0.39, 0.29) is 23.1 Å². The Morgan fingerprint density at radius 1 is 1.04 bits per heavy atom. The molecule has 2 heterocycles. The van der Waals surface area contributed by atoms with E-state index in [4.69, 9.17) is 0 Å². The number of alkyl halides is 3. The zero-order valence-corrected chi connectivity index (χ0v) is 13.4. The molecule has 0 saturated carbocycles.